The second-order valence-corrected chi connectivity index (χ2v) is 4.75. The highest BCUT2D eigenvalue weighted by Crippen LogP contribution is 2.23. The molecule has 108 valence electrons. The van der Waals surface area contributed by atoms with Crippen LogP contribution < -0.4 is 14.8 Å². The maximum atomic E-state index is 5.28. The summed E-state index contributed by atoms with van der Waals surface area (Å²) in [4.78, 5) is 0. The third-order valence-electron chi connectivity index (χ3n) is 3.35. The molecule has 0 amide bonds. The molecule has 0 atom stereocenters. The molecule has 3 aromatic rings. The number of hydrogen-bond donors (Lipinski definition) is 2. The molecule has 2 aromatic carbocycles. The van der Waals surface area contributed by atoms with Gasteiger partial charge in [-0.1, -0.05) is 0 Å². The van der Waals surface area contributed by atoms with E-state index in [4.69, 9.17) is 9.47 Å². The Balaban J connectivity index is 1.77. The average molecular weight is 283 g/mol. The molecular weight excluding hydrogens is 266 g/mol. The number of H-pyrrole nitrogens is 1. The van der Waals surface area contributed by atoms with Crippen molar-refractivity contribution in [1.82, 2.24) is 10.2 Å². The SMILES string of the molecule is COc1cc(CNc2ccc3[nH]ncc3c2)cc(OC)c1. The van der Waals surface area contributed by atoms with Gasteiger partial charge in [0.2, 0.25) is 0 Å². The minimum Gasteiger partial charge on any atom is -0.497 e. The Bertz CT molecular complexity index is 730. The van der Waals surface area contributed by atoms with Crippen molar-refractivity contribution in [2.24, 2.45) is 0 Å². The van der Waals surface area contributed by atoms with Gasteiger partial charge in [0.15, 0.2) is 0 Å². The number of rotatable bonds is 5. The molecule has 0 aliphatic carbocycles. The van der Waals surface area contributed by atoms with Crippen molar-refractivity contribution in [1.29, 1.82) is 0 Å². The van der Waals surface area contributed by atoms with Crippen LogP contribution in [-0.2, 0) is 6.54 Å². The van der Waals surface area contributed by atoms with Crippen LogP contribution in [0.15, 0.2) is 42.6 Å². The maximum absolute atomic E-state index is 5.28. The number of nitrogens with zero attached hydrogens (tertiary/aromatic N) is 1. The third kappa shape index (κ3) is 2.91. The van der Waals surface area contributed by atoms with Crippen molar-refractivity contribution in [3.63, 3.8) is 0 Å². The summed E-state index contributed by atoms with van der Waals surface area (Å²) in [6, 6.07) is 11.9. The van der Waals surface area contributed by atoms with E-state index in [-0.39, 0.29) is 0 Å². The summed E-state index contributed by atoms with van der Waals surface area (Å²) in [5.74, 6) is 1.58. The molecule has 21 heavy (non-hydrogen) atoms. The van der Waals surface area contributed by atoms with Crippen LogP contribution >= 0.6 is 0 Å². The van der Waals surface area contributed by atoms with E-state index in [1.54, 1.807) is 14.2 Å². The molecular formula is C16H17N3O2. The average Bonchev–Trinajstić information content (AvgIpc) is 3.00. The van der Waals surface area contributed by atoms with E-state index < -0.39 is 0 Å². The number of methoxy groups -OCH3 is 2. The topological polar surface area (TPSA) is 59.2 Å². The standard InChI is InChI=1S/C16H17N3O2/c1-20-14-5-11(6-15(8-14)21-2)9-17-13-3-4-16-12(7-13)10-18-19-16/h3-8,10,17H,9H2,1-2H3,(H,18,19). The van der Waals surface area contributed by atoms with Gasteiger partial charge in [0.05, 0.1) is 25.9 Å². The van der Waals surface area contributed by atoms with Gasteiger partial charge in [0.1, 0.15) is 11.5 Å². The van der Waals surface area contributed by atoms with Crippen LogP contribution in [0.4, 0.5) is 5.69 Å². The lowest BCUT2D eigenvalue weighted by Crippen LogP contribution is -2.00. The molecule has 0 unspecified atom stereocenters. The van der Waals surface area contributed by atoms with Gasteiger partial charge in [-0.2, -0.15) is 5.10 Å². The van der Waals surface area contributed by atoms with Crippen LogP contribution in [0.3, 0.4) is 0 Å². The second-order valence-electron chi connectivity index (χ2n) is 4.75. The number of hydrogen-bond acceptors (Lipinski definition) is 4. The van der Waals surface area contributed by atoms with Crippen molar-refractivity contribution in [2.75, 3.05) is 19.5 Å². The number of aromatic nitrogens is 2. The fraction of sp³-hybridized carbons (Fsp3) is 0.188. The van der Waals surface area contributed by atoms with E-state index in [1.807, 2.05) is 36.5 Å². The van der Waals surface area contributed by atoms with E-state index in [0.717, 1.165) is 33.7 Å². The predicted octanol–water partition coefficient (Wildman–Crippen LogP) is 3.19. The number of nitrogens with one attached hydrogen (secondary N) is 2. The maximum Gasteiger partial charge on any atom is 0.122 e. The molecule has 0 aliphatic rings. The van der Waals surface area contributed by atoms with Crippen molar-refractivity contribution in [3.05, 3.63) is 48.2 Å². The van der Waals surface area contributed by atoms with Crippen LogP contribution in [0.5, 0.6) is 11.5 Å². The zero-order valence-electron chi connectivity index (χ0n) is 12.0. The lowest BCUT2D eigenvalue weighted by Gasteiger charge is -2.10. The van der Waals surface area contributed by atoms with Crippen LogP contribution in [0.1, 0.15) is 5.56 Å². The molecule has 0 saturated heterocycles. The highest BCUT2D eigenvalue weighted by atomic mass is 16.5. The third-order valence-corrected chi connectivity index (χ3v) is 3.35. The Kier molecular flexibility index (Phi) is 3.64. The Hall–Kier alpha value is -2.69. The van der Waals surface area contributed by atoms with Gasteiger partial charge in [0.25, 0.3) is 0 Å². The molecule has 0 fully saturated rings. The Morgan fingerprint density at radius 1 is 1.05 bits per heavy atom. The number of fused-ring (bicyclic) bond motifs is 1. The van der Waals surface area contributed by atoms with E-state index in [0.29, 0.717) is 6.54 Å². The normalized spacial score (nSPS) is 10.6. The largest absolute Gasteiger partial charge is 0.497 e. The Morgan fingerprint density at radius 2 is 1.81 bits per heavy atom. The van der Waals surface area contributed by atoms with Crippen LogP contribution in [0.25, 0.3) is 10.9 Å². The first-order chi connectivity index (χ1) is 10.3. The Labute approximate surface area is 122 Å². The van der Waals surface area contributed by atoms with Crippen molar-refractivity contribution < 1.29 is 9.47 Å². The van der Waals surface area contributed by atoms with Crippen LogP contribution in [0, 0.1) is 0 Å². The van der Waals surface area contributed by atoms with Crippen molar-refractivity contribution in [3.8, 4) is 11.5 Å². The van der Waals surface area contributed by atoms with Gasteiger partial charge in [-0.3, -0.25) is 5.10 Å². The minimum absolute atomic E-state index is 0.691. The number of anilines is 1. The van der Waals surface area contributed by atoms with Gasteiger partial charge >= 0.3 is 0 Å². The molecule has 0 aliphatic heterocycles. The molecule has 0 bridgehead atoms. The highest BCUT2D eigenvalue weighted by Gasteiger charge is 2.03. The molecule has 1 aromatic heterocycles. The first-order valence-corrected chi connectivity index (χ1v) is 6.67. The van der Waals surface area contributed by atoms with Crippen LogP contribution in [0.2, 0.25) is 0 Å². The number of benzene rings is 2. The molecule has 0 saturated carbocycles. The molecule has 5 heteroatoms. The summed E-state index contributed by atoms with van der Waals surface area (Å²) in [6.45, 7) is 0.691. The van der Waals surface area contributed by atoms with Crippen molar-refractivity contribution in [2.45, 2.75) is 6.54 Å². The second kappa shape index (κ2) is 5.75. The van der Waals surface area contributed by atoms with Gasteiger partial charge in [0, 0.05) is 23.7 Å². The summed E-state index contributed by atoms with van der Waals surface area (Å²) >= 11 is 0. The summed E-state index contributed by atoms with van der Waals surface area (Å²) in [5, 5.41) is 11.4. The Morgan fingerprint density at radius 3 is 2.52 bits per heavy atom. The van der Waals surface area contributed by atoms with E-state index >= 15 is 0 Å². The zero-order chi connectivity index (χ0) is 14.7. The molecule has 1 heterocycles. The van der Waals surface area contributed by atoms with Crippen molar-refractivity contribution >= 4 is 16.6 Å². The summed E-state index contributed by atoms with van der Waals surface area (Å²) in [5.41, 5.74) is 3.17. The number of aromatic amines is 1. The first kappa shape index (κ1) is 13.3. The van der Waals surface area contributed by atoms with Crippen LogP contribution in [-0.4, -0.2) is 24.4 Å². The lowest BCUT2D eigenvalue weighted by atomic mass is 10.2. The summed E-state index contributed by atoms with van der Waals surface area (Å²) in [6.07, 6.45) is 1.81. The first-order valence-electron chi connectivity index (χ1n) is 6.67. The molecule has 0 radical (unpaired) electrons. The van der Waals surface area contributed by atoms with Gasteiger partial charge in [-0.25, -0.2) is 0 Å². The minimum atomic E-state index is 0.691. The molecule has 0 spiro atoms. The smallest absolute Gasteiger partial charge is 0.122 e. The lowest BCUT2D eigenvalue weighted by molar-refractivity contribution is 0.393. The zero-order valence-corrected chi connectivity index (χ0v) is 12.0. The predicted molar refractivity (Wildman–Crippen MR) is 83.0 cm³/mol. The van der Waals surface area contributed by atoms with E-state index in [9.17, 15) is 0 Å². The van der Waals surface area contributed by atoms with E-state index in [2.05, 4.69) is 21.6 Å². The number of ether oxygens (including phenoxy) is 2. The fourth-order valence-electron chi connectivity index (χ4n) is 2.23. The van der Waals surface area contributed by atoms with Gasteiger partial charge in [-0.05, 0) is 35.9 Å². The summed E-state index contributed by atoms with van der Waals surface area (Å²) < 4.78 is 10.6. The molecule has 2 N–H and O–H groups in total. The molecule has 3 rings (SSSR count). The monoisotopic (exact) mass is 283 g/mol. The molecule has 5 nitrogen and oxygen atoms in total. The quantitative estimate of drug-likeness (QED) is 0.755. The summed E-state index contributed by atoms with van der Waals surface area (Å²) in [7, 11) is 3.30. The fourth-order valence-corrected chi connectivity index (χ4v) is 2.23. The highest BCUT2D eigenvalue weighted by molar-refractivity contribution is 5.81. The van der Waals surface area contributed by atoms with Gasteiger partial charge in [-0.15, -0.1) is 0 Å². The van der Waals surface area contributed by atoms with E-state index in [1.165, 1.54) is 0 Å². The van der Waals surface area contributed by atoms with Gasteiger partial charge < -0.3 is 14.8 Å².